The summed E-state index contributed by atoms with van der Waals surface area (Å²) in [5, 5.41) is 8.97. The number of rotatable bonds is 6. The molecule has 1 rings (SSSR count). The Morgan fingerprint density at radius 2 is 2.00 bits per heavy atom. The first-order valence-electron chi connectivity index (χ1n) is 4.90. The molecule has 0 aliphatic heterocycles. The van der Waals surface area contributed by atoms with Crippen LogP contribution in [0.25, 0.3) is 0 Å². The molecule has 1 saturated carbocycles. The Morgan fingerprint density at radius 1 is 1.47 bits per heavy atom. The quantitative estimate of drug-likeness (QED) is 0.699. The zero-order chi connectivity index (χ0) is 11.7. The molecule has 0 amide bonds. The normalized spacial score (nSPS) is 19.1. The molecule has 0 radical (unpaired) electrons. The zero-order valence-electron chi connectivity index (χ0n) is 9.06. The van der Waals surface area contributed by atoms with Crippen LogP contribution in [0.2, 0.25) is 0 Å². The molecule has 5 nitrogen and oxygen atoms in total. The van der Waals surface area contributed by atoms with Crippen LogP contribution in [0.5, 0.6) is 0 Å². The van der Waals surface area contributed by atoms with E-state index in [0.717, 1.165) is 0 Å². The van der Waals surface area contributed by atoms with Crippen LogP contribution in [-0.4, -0.2) is 55.5 Å². The summed E-state index contributed by atoms with van der Waals surface area (Å²) in [4.78, 5) is 12.7. The first kappa shape index (κ1) is 12.4. The topological polar surface area (TPSA) is 74.7 Å². The Kier molecular flexibility index (Phi) is 3.40. The highest BCUT2D eigenvalue weighted by Crippen LogP contribution is 2.41. The first-order chi connectivity index (χ1) is 6.78. The predicted molar refractivity (Wildman–Crippen MR) is 56.6 cm³/mol. The van der Waals surface area contributed by atoms with Crippen molar-refractivity contribution in [2.75, 3.05) is 25.6 Å². The SMILES string of the molecule is CN(CCCS(C)(=O)=O)C1(C(=O)O)CC1. The van der Waals surface area contributed by atoms with Crippen molar-refractivity contribution in [3.05, 3.63) is 0 Å². The average Bonchev–Trinajstić information content (AvgIpc) is 2.80. The van der Waals surface area contributed by atoms with Crippen molar-refractivity contribution in [1.29, 1.82) is 0 Å². The Balaban J connectivity index is 2.37. The minimum atomic E-state index is -2.94. The molecule has 0 aromatic carbocycles. The van der Waals surface area contributed by atoms with Crippen LogP contribution in [0.15, 0.2) is 0 Å². The summed E-state index contributed by atoms with van der Waals surface area (Å²) in [7, 11) is -1.20. The number of carboxylic acids is 1. The van der Waals surface area contributed by atoms with Gasteiger partial charge in [0.2, 0.25) is 0 Å². The highest BCUT2D eigenvalue weighted by atomic mass is 32.2. The highest BCUT2D eigenvalue weighted by molar-refractivity contribution is 7.90. The van der Waals surface area contributed by atoms with Gasteiger partial charge < -0.3 is 5.11 Å². The number of sulfone groups is 1. The molecular weight excluding hydrogens is 218 g/mol. The summed E-state index contributed by atoms with van der Waals surface area (Å²) in [6, 6.07) is 0. The van der Waals surface area contributed by atoms with E-state index in [-0.39, 0.29) is 5.75 Å². The summed E-state index contributed by atoms with van der Waals surface area (Å²) in [6.45, 7) is 0.513. The fraction of sp³-hybridized carbons (Fsp3) is 0.889. The largest absolute Gasteiger partial charge is 0.480 e. The smallest absolute Gasteiger partial charge is 0.324 e. The van der Waals surface area contributed by atoms with E-state index in [1.165, 1.54) is 6.26 Å². The molecule has 0 saturated heterocycles. The molecule has 15 heavy (non-hydrogen) atoms. The van der Waals surface area contributed by atoms with Crippen molar-refractivity contribution in [2.45, 2.75) is 24.8 Å². The van der Waals surface area contributed by atoms with Crippen LogP contribution < -0.4 is 0 Å². The third kappa shape index (κ3) is 3.17. The van der Waals surface area contributed by atoms with Gasteiger partial charge in [-0.25, -0.2) is 8.42 Å². The molecule has 0 heterocycles. The second kappa shape index (κ2) is 4.09. The van der Waals surface area contributed by atoms with Gasteiger partial charge in [0.15, 0.2) is 0 Å². The molecule has 0 spiro atoms. The number of hydrogen-bond donors (Lipinski definition) is 1. The van der Waals surface area contributed by atoms with Crippen LogP contribution in [0.1, 0.15) is 19.3 Å². The maximum absolute atomic E-state index is 10.9. The molecule has 0 aromatic heterocycles. The minimum absolute atomic E-state index is 0.118. The highest BCUT2D eigenvalue weighted by Gasteiger charge is 2.53. The van der Waals surface area contributed by atoms with E-state index in [2.05, 4.69) is 0 Å². The third-order valence-corrected chi connectivity index (χ3v) is 3.89. The molecule has 1 aliphatic carbocycles. The van der Waals surface area contributed by atoms with Gasteiger partial charge in [0.05, 0.1) is 5.75 Å². The maximum Gasteiger partial charge on any atom is 0.324 e. The van der Waals surface area contributed by atoms with E-state index < -0.39 is 21.3 Å². The fourth-order valence-electron chi connectivity index (χ4n) is 1.66. The van der Waals surface area contributed by atoms with Crippen molar-refractivity contribution in [3.63, 3.8) is 0 Å². The predicted octanol–water partition coefficient (Wildman–Crippen LogP) is -0.0299. The van der Waals surface area contributed by atoms with Gasteiger partial charge in [-0.3, -0.25) is 9.69 Å². The van der Waals surface area contributed by atoms with Gasteiger partial charge in [0.25, 0.3) is 0 Å². The van der Waals surface area contributed by atoms with Crippen molar-refractivity contribution >= 4 is 15.8 Å². The second-order valence-electron chi connectivity index (χ2n) is 4.24. The van der Waals surface area contributed by atoms with E-state index in [1.54, 1.807) is 11.9 Å². The number of hydrogen-bond acceptors (Lipinski definition) is 4. The number of nitrogens with zero attached hydrogens (tertiary/aromatic N) is 1. The molecule has 1 N–H and O–H groups in total. The molecule has 0 aromatic rings. The van der Waals surface area contributed by atoms with Crippen LogP contribution in [0, 0.1) is 0 Å². The summed E-state index contributed by atoms with van der Waals surface area (Å²) < 4.78 is 21.8. The average molecular weight is 235 g/mol. The van der Waals surface area contributed by atoms with Gasteiger partial charge >= 0.3 is 5.97 Å². The monoisotopic (exact) mass is 235 g/mol. The lowest BCUT2D eigenvalue weighted by Crippen LogP contribution is -2.41. The molecule has 1 fully saturated rings. The summed E-state index contributed by atoms with van der Waals surface area (Å²) >= 11 is 0. The Morgan fingerprint density at radius 3 is 2.33 bits per heavy atom. The third-order valence-electron chi connectivity index (χ3n) is 2.86. The van der Waals surface area contributed by atoms with Crippen molar-refractivity contribution < 1.29 is 18.3 Å². The maximum atomic E-state index is 10.9. The van der Waals surface area contributed by atoms with Gasteiger partial charge in [-0.05, 0) is 32.9 Å². The Labute approximate surface area is 90.0 Å². The number of likely N-dealkylation sites (N-methyl/N-ethyl adjacent to an activating group) is 1. The number of carbonyl (C=O) groups is 1. The van der Waals surface area contributed by atoms with Crippen molar-refractivity contribution in [3.8, 4) is 0 Å². The summed E-state index contributed by atoms with van der Waals surface area (Å²) in [5.41, 5.74) is -0.711. The molecular formula is C9H17NO4S. The van der Waals surface area contributed by atoms with Crippen LogP contribution in [0.3, 0.4) is 0 Å². The van der Waals surface area contributed by atoms with E-state index in [9.17, 15) is 13.2 Å². The van der Waals surface area contributed by atoms with E-state index in [1.807, 2.05) is 0 Å². The summed E-state index contributed by atoms with van der Waals surface area (Å²) in [6.07, 6.45) is 3.01. The van der Waals surface area contributed by atoms with Gasteiger partial charge in [-0.15, -0.1) is 0 Å². The lowest BCUT2D eigenvalue weighted by atomic mass is 10.2. The first-order valence-corrected chi connectivity index (χ1v) is 6.96. The van der Waals surface area contributed by atoms with Gasteiger partial charge in [0, 0.05) is 6.26 Å². The molecule has 0 bridgehead atoms. The van der Waals surface area contributed by atoms with Crippen molar-refractivity contribution in [1.82, 2.24) is 4.90 Å². The van der Waals surface area contributed by atoms with Gasteiger partial charge in [-0.1, -0.05) is 0 Å². The van der Waals surface area contributed by atoms with E-state index >= 15 is 0 Å². The molecule has 0 unspecified atom stereocenters. The van der Waals surface area contributed by atoms with Gasteiger partial charge in [0.1, 0.15) is 15.4 Å². The number of aliphatic carboxylic acids is 1. The second-order valence-corrected chi connectivity index (χ2v) is 6.50. The molecule has 1 aliphatic rings. The zero-order valence-corrected chi connectivity index (χ0v) is 9.88. The molecule has 88 valence electrons. The number of carboxylic acid groups (broad SMARTS) is 1. The van der Waals surface area contributed by atoms with Crippen LogP contribution in [0.4, 0.5) is 0 Å². The van der Waals surface area contributed by atoms with Crippen LogP contribution >= 0.6 is 0 Å². The Hall–Kier alpha value is -0.620. The fourth-order valence-corrected chi connectivity index (χ4v) is 2.31. The standard InChI is InChI=1S/C9H17NO4S/c1-10(6-3-7-15(2,13)14)9(4-5-9)8(11)12/h3-7H2,1-2H3,(H,11,12). The van der Waals surface area contributed by atoms with E-state index in [4.69, 9.17) is 5.11 Å². The van der Waals surface area contributed by atoms with E-state index in [0.29, 0.717) is 25.8 Å². The lowest BCUT2D eigenvalue weighted by Gasteiger charge is -2.23. The minimum Gasteiger partial charge on any atom is -0.480 e. The lowest BCUT2D eigenvalue weighted by molar-refractivity contribution is -0.144. The summed E-state index contributed by atoms with van der Waals surface area (Å²) in [5.74, 6) is -0.683. The van der Waals surface area contributed by atoms with Crippen LogP contribution in [-0.2, 0) is 14.6 Å². The Bertz CT molecular complexity index is 345. The molecule has 0 atom stereocenters. The van der Waals surface area contributed by atoms with Crippen molar-refractivity contribution in [2.24, 2.45) is 0 Å². The van der Waals surface area contributed by atoms with Gasteiger partial charge in [-0.2, -0.15) is 0 Å². The molecule has 6 heteroatoms.